The van der Waals surface area contributed by atoms with Gasteiger partial charge in [-0.3, -0.25) is 0 Å². The van der Waals surface area contributed by atoms with Gasteiger partial charge in [0.15, 0.2) is 0 Å². The van der Waals surface area contributed by atoms with Crippen LogP contribution in [-0.2, 0) is 4.74 Å². The molecule has 0 aromatic heterocycles. The number of carbonyl (C=O) groups is 1. The molecule has 2 nitrogen and oxygen atoms in total. The molecule has 2 aromatic carbocycles. The Balaban J connectivity index is 1.83. The minimum atomic E-state index is -0.208. The van der Waals surface area contributed by atoms with Crippen LogP contribution in [0.4, 0.5) is 0 Å². The average Bonchev–Trinajstić information content (AvgIpc) is 2.53. The van der Waals surface area contributed by atoms with Crippen LogP contribution in [0.15, 0.2) is 42.5 Å². The Hall–Kier alpha value is -1.83. The van der Waals surface area contributed by atoms with E-state index in [1.165, 1.54) is 25.7 Å². The number of benzene rings is 2. The number of carbonyl (C=O) groups excluding carboxylic acids is 1. The summed E-state index contributed by atoms with van der Waals surface area (Å²) in [5, 5.41) is 2.04. The summed E-state index contributed by atoms with van der Waals surface area (Å²) in [4.78, 5) is 12.2. The van der Waals surface area contributed by atoms with Crippen molar-refractivity contribution in [3.63, 3.8) is 0 Å². The SMILES string of the molecule is CCCCCCCCOC(=O)c1cccc2ccccc12. The first-order valence-electron chi connectivity index (χ1n) is 7.98. The summed E-state index contributed by atoms with van der Waals surface area (Å²) >= 11 is 0. The van der Waals surface area contributed by atoms with E-state index < -0.39 is 0 Å². The molecule has 0 atom stereocenters. The van der Waals surface area contributed by atoms with Gasteiger partial charge in [0.2, 0.25) is 0 Å². The Bertz CT molecular complexity index is 569. The molecule has 0 saturated carbocycles. The van der Waals surface area contributed by atoms with Gasteiger partial charge in [-0.15, -0.1) is 0 Å². The minimum absolute atomic E-state index is 0.208. The fourth-order valence-corrected chi connectivity index (χ4v) is 2.53. The molecule has 0 fully saturated rings. The lowest BCUT2D eigenvalue weighted by molar-refractivity contribution is 0.0500. The molecule has 0 radical (unpaired) electrons. The number of esters is 1. The van der Waals surface area contributed by atoms with Crippen molar-refractivity contribution in [2.75, 3.05) is 6.61 Å². The molecule has 0 spiro atoms. The van der Waals surface area contributed by atoms with Gasteiger partial charge < -0.3 is 4.74 Å². The summed E-state index contributed by atoms with van der Waals surface area (Å²) in [5.41, 5.74) is 0.666. The smallest absolute Gasteiger partial charge is 0.338 e. The van der Waals surface area contributed by atoms with E-state index in [-0.39, 0.29) is 5.97 Å². The zero-order valence-electron chi connectivity index (χ0n) is 12.8. The second-order valence-electron chi connectivity index (χ2n) is 5.43. The summed E-state index contributed by atoms with van der Waals surface area (Å²) < 4.78 is 5.40. The van der Waals surface area contributed by atoms with Gasteiger partial charge in [-0.1, -0.05) is 75.4 Å². The average molecular weight is 284 g/mol. The van der Waals surface area contributed by atoms with E-state index in [9.17, 15) is 4.79 Å². The van der Waals surface area contributed by atoms with Crippen molar-refractivity contribution in [2.24, 2.45) is 0 Å². The first kappa shape index (κ1) is 15.6. The van der Waals surface area contributed by atoms with Crippen molar-refractivity contribution in [1.82, 2.24) is 0 Å². The quantitative estimate of drug-likeness (QED) is 0.482. The highest BCUT2D eigenvalue weighted by molar-refractivity contribution is 6.04. The summed E-state index contributed by atoms with van der Waals surface area (Å²) in [6.07, 6.45) is 7.18. The second-order valence-corrected chi connectivity index (χ2v) is 5.43. The minimum Gasteiger partial charge on any atom is -0.462 e. The molecule has 0 aliphatic rings. The third kappa shape index (κ3) is 4.59. The highest BCUT2D eigenvalue weighted by atomic mass is 16.5. The highest BCUT2D eigenvalue weighted by Crippen LogP contribution is 2.19. The van der Waals surface area contributed by atoms with E-state index in [0.29, 0.717) is 12.2 Å². The zero-order chi connectivity index (χ0) is 14.9. The normalized spacial score (nSPS) is 10.7. The van der Waals surface area contributed by atoms with E-state index in [4.69, 9.17) is 4.74 Å². The third-order valence-electron chi connectivity index (χ3n) is 3.74. The van der Waals surface area contributed by atoms with Crippen molar-refractivity contribution in [1.29, 1.82) is 0 Å². The lowest BCUT2D eigenvalue weighted by Gasteiger charge is -2.07. The molecule has 2 aromatic rings. The lowest BCUT2D eigenvalue weighted by atomic mass is 10.0. The van der Waals surface area contributed by atoms with E-state index >= 15 is 0 Å². The molecule has 0 heterocycles. The Morgan fingerprint density at radius 3 is 2.48 bits per heavy atom. The number of fused-ring (bicyclic) bond motifs is 1. The number of hydrogen-bond acceptors (Lipinski definition) is 2. The zero-order valence-corrected chi connectivity index (χ0v) is 12.8. The maximum Gasteiger partial charge on any atom is 0.338 e. The van der Waals surface area contributed by atoms with Gasteiger partial charge in [0.05, 0.1) is 12.2 Å². The molecule has 0 bridgehead atoms. The molecular formula is C19H24O2. The van der Waals surface area contributed by atoms with Crippen LogP contribution in [0.2, 0.25) is 0 Å². The first-order chi connectivity index (χ1) is 10.3. The van der Waals surface area contributed by atoms with Gasteiger partial charge in [-0.2, -0.15) is 0 Å². The fraction of sp³-hybridized carbons (Fsp3) is 0.421. The van der Waals surface area contributed by atoms with Gasteiger partial charge in [-0.05, 0) is 23.3 Å². The molecule has 0 unspecified atom stereocenters. The van der Waals surface area contributed by atoms with Crippen LogP contribution in [0, 0.1) is 0 Å². The van der Waals surface area contributed by atoms with Crippen LogP contribution < -0.4 is 0 Å². The Morgan fingerprint density at radius 1 is 0.905 bits per heavy atom. The maximum absolute atomic E-state index is 12.2. The molecule has 0 aliphatic heterocycles. The van der Waals surface area contributed by atoms with Crippen molar-refractivity contribution in [2.45, 2.75) is 45.4 Å². The number of ether oxygens (including phenoxy) is 1. The van der Waals surface area contributed by atoms with Gasteiger partial charge in [0.25, 0.3) is 0 Å². The Morgan fingerprint density at radius 2 is 1.62 bits per heavy atom. The molecule has 112 valence electrons. The van der Waals surface area contributed by atoms with Crippen LogP contribution in [-0.4, -0.2) is 12.6 Å². The molecule has 2 heteroatoms. The van der Waals surface area contributed by atoms with Gasteiger partial charge >= 0.3 is 5.97 Å². The predicted octanol–water partition coefficient (Wildman–Crippen LogP) is 5.36. The highest BCUT2D eigenvalue weighted by Gasteiger charge is 2.10. The molecule has 0 aliphatic carbocycles. The fourth-order valence-electron chi connectivity index (χ4n) is 2.53. The summed E-state index contributed by atoms with van der Waals surface area (Å²) in [6.45, 7) is 2.74. The van der Waals surface area contributed by atoms with E-state index in [2.05, 4.69) is 6.92 Å². The largest absolute Gasteiger partial charge is 0.462 e. The monoisotopic (exact) mass is 284 g/mol. The van der Waals surface area contributed by atoms with Crippen molar-refractivity contribution < 1.29 is 9.53 Å². The van der Waals surface area contributed by atoms with Gasteiger partial charge in [0, 0.05) is 0 Å². The first-order valence-corrected chi connectivity index (χ1v) is 7.98. The van der Waals surface area contributed by atoms with Crippen LogP contribution >= 0.6 is 0 Å². The molecule has 2 rings (SSSR count). The van der Waals surface area contributed by atoms with Crippen LogP contribution in [0.1, 0.15) is 55.8 Å². The van der Waals surface area contributed by atoms with Crippen molar-refractivity contribution in [3.8, 4) is 0 Å². The molecule has 21 heavy (non-hydrogen) atoms. The maximum atomic E-state index is 12.2. The van der Waals surface area contributed by atoms with E-state index in [1.807, 2.05) is 42.5 Å². The van der Waals surface area contributed by atoms with Crippen molar-refractivity contribution >= 4 is 16.7 Å². The number of rotatable bonds is 8. The number of hydrogen-bond donors (Lipinski definition) is 0. The third-order valence-corrected chi connectivity index (χ3v) is 3.74. The van der Waals surface area contributed by atoms with Crippen molar-refractivity contribution in [3.05, 3.63) is 48.0 Å². The second kappa shape index (κ2) is 8.46. The Kier molecular flexibility index (Phi) is 6.26. The predicted molar refractivity (Wildman–Crippen MR) is 87.6 cm³/mol. The Labute approximate surface area is 127 Å². The van der Waals surface area contributed by atoms with Crippen LogP contribution in [0.25, 0.3) is 10.8 Å². The molecular weight excluding hydrogens is 260 g/mol. The van der Waals surface area contributed by atoms with Crippen LogP contribution in [0.5, 0.6) is 0 Å². The van der Waals surface area contributed by atoms with E-state index in [1.54, 1.807) is 0 Å². The van der Waals surface area contributed by atoms with E-state index in [0.717, 1.165) is 23.6 Å². The molecule has 0 amide bonds. The summed E-state index contributed by atoms with van der Waals surface area (Å²) in [7, 11) is 0. The summed E-state index contributed by atoms with van der Waals surface area (Å²) in [5.74, 6) is -0.208. The molecule has 0 N–H and O–H groups in total. The number of unbranched alkanes of at least 4 members (excludes halogenated alkanes) is 5. The lowest BCUT2D eigenvalue weighted by Crippen LogP contribution is -2.07. The van der Waals surface area contributed by atoms with Gasteiger partial charge in [-0.25, -0.2) is 4.79 Å². The van der Waals surface area contributed by atoms with Gasteiger partial charge in [0.1, 0.15) is 0 Å². The van der Waals surface area contributed by atoms with Crippen LogP contribution in [0.3, 0.4) is 0 Å². The topological polar surface area (TPSA) is 26.3 Å². The summed E-state index contributed by atoms with van der Waals surface area (Å²) in [6, 6.07) is 13.7. The molecule has 0 saturated heterocycles. The standard InChI is InChI=1S/C19H24O2/c1-2-3-4-5-6-9-15-21-19(20)18-14-10-12-16-11-7-8-13-17(16)18/h7-8,10-14H,2-6,9,15H2,1H3.